The Kier molecular flexibility index (Phi) is 4.39. The van der Waals surface area contributed by atoms with E-state index in [1.807, 2.05) is 32.9 Å². The summed E-state index contributed by atoms with van der Waals surface area (Å²) in [6.07, 6.45) is 0.595. The van der Waals surface area contributed by atoms with E-state index in [9.17, 15) is 4.79 Å². The summed E-state index contributed by atoms with van der Waals surface area (Å²) >= 11 is 0. The molecule has 118 valence electrons. The van der Waals surface area contributed by atoms with Crippen LogP contribution in [-0.4, -0.2) is 26.3 Å². The van der Waals surface area contributed by atoms with Gasteiger partial charge in [-0.1, -0.05) is 31.6 Å². The van der Waals surface area contributed by atoms with Crippen LogP contribution in [0.3, 0.4) is 0 Å². The molecule has 1 aliphatic rings. The predicted molar refractivity (Wildman–Crippen MR) is 94.0 cm³/mol. The van der Waals surface area contributed by atoms with E-state index in [4.69, 9.17) is 4.74 Å². The first-order valence-electron chi connectivity index (χ1n) is 7.72. The van der Waals surface area contributed by atoms with Crippen molar-refractivity contribution in [2.24, 2.45) is 0 Å². The molecule has 1 aliphatic heterocycles. The summed E-state index contributed by atoms with van der Waals surface area (Å²) < 4.78 is 5.49. The van der Waals surface area contributed by atoms with Crippen LogP contribution < -0.4 is 4.90 Å². The number of ether oxygens (including phenoxy) is 1. The molecule has 0 atom stereocenters. The van der Waals surface area contributed by atoms with E-state index in [0.29, 0.717) is 6.54 Å². The van der Waals surface area contributed by atoms with Crippen LogP contribution in [0.15, 0.2) is 18.2 Å². The average Bonchev–Trinajstić information content (AvgIpc) is 2.76. The Balaban J connectivity index is 2.26. The molecule has 1 amide bonds. The van der Waals surface area contributed by atoms with Crippen molar-refractivity contribution < 1.29 is 9.53 Å². The highest BCUT2D eigenvalue weighted by Crippen LogP contribution is 2.30. The minimum absolute atomic E-state index is 0.276. The van der Waals surface area contributed by atoms with Gasteiger partial charge >= 0.3 is 6.09 Å². The van der Waals surface area contributed by atoms with Gasteiger partial charge in [0.2, 0.25) is 0 Å². The summed E-state index contributed by atoms with van der Waals surface area (Å²) in [6.45, 7) is 13.0. The van der Waals surface area contributed by atoms with Gasteiger partial charge in [0.25, 0.3) is 0 Å². The topological polar surface area (TPSA) is 29.5 Å². The van der Waals surface area contributed by atoms with Gasteiger partial charge in [-0.3, -0.25) is 4.90 Å². The summed E-state index contributed by atoms with van der Waals surface area (Å²) in [5, 5.41) is 0. The quantitative estimate of drug-likeness (QED) is 0.530. The van der Waals surface area contributed by atoms with Crippen molar-refractivity contribution >= 4 is 19.9 Å². The number of benzene rings is 1. The first kappa shape index (κ1) is 16.6. The van der Waals surface area contributed by atoms with Crippen molar-refractivity contribution in [1.29, 1.82) is 0 Å². The highest BCUT2D eigenvalue weighted by molar-refractivity contribution is 6.83. The van der Waals surface area contributed by atoms with E-state index < -0.39 is 13.7 Å². The van der Waals surface area contributed by atoms with E-state index >= 15 is 0 Å². The zero-order valence-electron chi connectivity index (χ0n) is 14.4. The van der Waals surface area contributed by atoms with Crippen LogP contribution in [0.5, 0.6) is 0 Å². The fourth-order valence-electron chi connectivity index (χ4n) is 2.22. The van der Waals surface area contributed by atoms with Gasteiger partial charge in [-0.2, -0.15) is 0 Å². The van der Waals surface area contributed by atoms with Crippen molar-refractivity contribution in [3.05, 3.63) is 29.3 Å². The zero-order valence-corrected chi connectivity index (χ0v) is 15.4. The first-order valence-corrected chi connectivity index (χ1v) is 11.2. The molecule has 0 fully saturated rings. The number of rotatable bonds is 0. The SMILES string of the molecule is CC(C)(C)OC(=O)N1CCc2ccc(C#C[Si](C)(C)C)cc21. The number of anilines is 1. The van der Waals surface area contributed by atoms with Gasteiger partial charge < -0.3 is 4.74 Å². The van der Waals surface area contributed by atoms with Gasteiger partial charge in [0.15, 0.2) is 0 Å². The van der Waals surface area contributed by atoms with Gasteiger partial charge in [-0.25, -0.2) is 4.79 Å². The van der Waals surface area contributed by atoms with Gasteiger partial charge in [0, 0.05) is 12.1 Å². The van der Waals surface area contributed by atoms with Crippen molar-refractivity contribution in [3.8, 4) is 11.5 Å². The molecule has 0 spiro atoms. The Morgan fingerprint density at radius 2 is 1.95 bits per heavy atom. The molecule has 0 radical (unpaired) electrons. The Hall–Kier alpha value is -1.73. The molecule has 1 aromatic carbocycles. The van der Waals surface area contributed by atoms with Gasteiger partial charge in [0.05, 0.1) is 5.69 Å². The van der Waals surface area contributed by atoms with Crippen molar-refractivity contribution in [3.63, 3.8) is 0 Å². The molecule has 0 saturated heterocycles. The molecule has 3 nitrogen and oxygen atoms in total. The third-order valence-electron chi connectivity index (χ3n) is 3.18. The molecular formula is C18H25NO2Si. The fraction of sp³-hybridized carbons (Fsp3) is 0.500. The summed E-state index contributed by atoms with van der Waals surface area (Å²) in [6, 6.07) is 6.14. The number of amides is 1. The van der Waals surface area contributed by atoms with Gasteiger partial charge in [0.1, 0.15) is 13.7 Å². The smallest absolute Gasteiger partial charge is 0.414 e. The number of carbonyl (C=O) groups excluding carboxylic acids is 1. The van der Waals surface area contributed by atoms with Crippen LogP contribution in [0, 0.1) is 11.5 Å². The highest BCUT2D eigenvalue weighted by Gasteiger charge is 2.28. The third-order valence-corrected chi connectivity index (χ3v) is 4.05. The van der Waals surface area contributed by atoms with Crippen molar-refractivity contribution in [2.45, 2.75) is 52.4 Å². The van der Waals surface area contributed by atoms with Crippen LogP contribution in [-0.2, 0) is 11.2 Å². The monoisotopic (exact) mass is 315 g/mol. The molecule has 22 heavy (non-hydrogen) atoms. The molecule has 0 bridgehead atoms. The fourth-order valence-corrected chi connectivity index (χ4v) is 2.74. The first-order chi connectivity index (χ1) is 10.1. The molecule has 1 aromatic rings. The van der Waals surface area contributed by atoms with Gasteiger partial charge in [-0.15, -0.1) is 5.54 Å². The molecule has 4 heteroatoms. The molecule has 0 N–H and O–H groups in total. The number of hydrogen-bond acceptors (Lipinski definition) is 2. The Bertz CT molecular complexity index is 642. The van der Waals surface area contributed by atoms with Crippen LogP contribution >= 0.6 is 0 Å². The maximum atomic E-state index is 12.3. The Morgan fingerprint density at radius 1 is 1.27 bits per heavy atom. The molecule has 0 unspecified atom stereocenters. The van der Waals surface area contributed by atoms with Gasteiger partial charge in [-0.05, 0) is 44.9 Å². The minimum Gasteiger partial charge on any atom is -0.443 e. The Morgan fingerprint density at radius 3 is 2.55 bits per heavy atom. The number of carbonyl (C=O) groups is 1. The third kappa shape index (κ3) is 4.38. The second-order valence-corrected chi connectivity index (χ2v) is 12.5. The largest absolute Gasteiger partial charge is 0.443 e. The molecule has 0 saturated carbocycles. The summed E-state index contributed by atoms with van der Waals surface area (Å²) in [5.74, 6) is 3.25. The number of nitrogens with zero attached hydrogens (tertiary/aromatic N) is 1. The van der Waals surface area contributed by atoms with E-state index in [1.54, 1.807) is 4.90 Å². The molecule has 2 rings (SSSR count). The standard InChI is InChI=1S/C18H25NO2Si/c1-18(2,3)21-17(20)19-11-9-15-8-7-14(13-16(15)19)10-12-22(4,5)6/h7-8,13H,9,11H2,1-6H3. The van der Waals surface area contributed by atoms with Crippen LogP contribution in [0.2, 0.25) is 19.6 Å². The number of hydrogen-bond donors (Lipinski definition) is 0. The summed E-state index contributed by atoms with van der Waals surface area (Å²) in [5.41, 5.74) is 5.98. The predicted octanol–water partition coefficient (Wildman–Crippen LogP) is 4.21. The lowest BCUT2D eigenvalue weighted by atomic mass is 10.1. The van der Waals surface area contributed by atoms with Crippen LogP contribution in [0.1, 0.15) is 31.9 Å². The van der Waals surface area contributed by atoms with E-state index in [0.717, 1.165) is 17.7 Å². The minimum atomic E-state index is -1.40. The molecule has 0 aliphatic carbocycles. The van der Waals surface area contributed by atoms with E-state index in [2.05, 4.69) is 37.2 Å². The molecular weight excluding hydrogens is 290 g/mol. The summed E-state index contributed by atoms with van der Waals surface area (Å²) in [7, 11) is -1.40. The lowest BCUT2D eigenvalue weighted by Crippen LogP contribution is -2.35. The second-order valence-electron chi connectivity index (χ2n) is 7.73. The van der Waals surface area contributed by atoms with Crippen molar-refractivity contribution in [1.82, 2.24) is 0 Å². The lowest BCUT2D eigenvalue weighted by molar-refractivity contribution is 0.0584. The van der Waals surface area contributed by atoms with Crippen molar-refractivity contribution in [2.75, 3.05) is 11.4 Å². The van der Waals surface area contributed by atoms with E-state index in [1.165, 1.54) is 5.56 Å². The maximum absolute atomic E-state index is 12.3. The molecule has 0 aromatic heterocycles. The van der Waals surface area contributed by atoms with Crippen LogP contribution in [0.25, 0.3) is 0 Å². The van der Waals surface area contributed by atoms with Crippen LogP contribution in [0.4, 0.5) is 10.5 Å². The van der Waals surface area contributed by atoms with E-state index in [-0.39, 0.29) is 6.09 Å². The summed E-state index contributed by atoms with van der Waals surface area (Å²) in [4.78, 5) is 14.0. The average molecular weight is 315 g/mol. The normalized spacial score (nSPS) is 14.2. The lowest BCUT2D eigenvalue weighted by Gasteiger charge is -2.24. The second kappa shape index (κ2) is 5.81. The Labute approximate surface area is 134 Å². The highest BCUT2D eigenvalue weighted by atomic mass is 28.3. The number of fused-ring (bicyclic) bond motifs is 1. The maximum Gasteiger partial charge on any atom is 0.414 e. The zero-order chi connectivity index (χ0) is 16.5. The molecule has 1 heterocycles.